The van der Waals surface area contributed by atoms with Gasteiger partial charge in [0, 0.05) is 25.2 Å². The number of amidine groups is 1. The Morgan fingerprint density at radius 2 is 2.10 bits per heavy atom. The first-order chi connectivity index (χ1) is 14.6. The van der Waals surface area contributed by atoms with Crippen LogP contribution in [0.1, 0.15) is 37.8 Å². The van der Waals surface area contributed by atoms with Gasteiger partial charge in [-0.3, -0.25) is 14.8 Å². The molecular weight excluding hydrogens is 411 g/mol. The number of anilines is 1. The first-order valence-corrected chi connectivity index (χ1v) is 9.58. The molecule has 3 N–H and O–H groups in total. The molecule has 168 valence electrons. The Morgan fingerprint density at radius 3 is 2.61 bits per heavy atom. The third-order valence-electron chi connectivity index (χ3n) is 4.38. The second-order valence-corrected chi connectivity index (χ2v) is 6.77. The third-order valence-corrected chi connectivity index (χ3v) is 4.38. The van der Waals surface area contributed by atoms with Gasteiger partial charge in [-0.2, -0.15) is 18.4 Å². The maximum absolute atomic E-state index is 12.9. The Balaban J connectivity index is 3.09. The Labute approximate surface area is 179 Å². The van der Waals surface area contributed by atoms with E-state index in [0.29, 0.717) is 6.42 Å². The number of nitriles is 1. The highest BCUT2D eigenvalue weighted by Gasteiger charge is 2.33. The van der Waals surface area contributed by atoms with Crippen molar-refractivity contribution in [3.8, 4) is 6.07 Å². The molecule has 0 aliphatic carbocycles. The van der Waals surface area contributed by atoms with E-state index in [9.17, 15) is 23.1 Å². The summed E-state index contributed by atoms with van der Waals surface area (Å²) in [4.78, 5) is 20.9. The minimum Gasteiger partial charge on any atom is -0.393 e. The second-order valence-electron chi connectivity index (χ2n) is 6.77. The first kappa shape index (κ1) is 25.8. The molecule has 0 aliphatic heterocycles. The molecule has 0 bridgehead atoms. The fraction of sp³-hybridized carbons (Fsp3) is 0.429. The lowest BCUT2D eigenvalue weighted by Gasteiger charge is -2.17. The number of aliphatic hydroxyl groups excluding tert-OH is 1. The van der Waals surface area contributed by atoms with Crippen molar-refractivity contribution in [2.24, 2.45) is 15.9 Å². The molecule has 0 spiro atoms. The van der Waals surface area contributed by atoms with Gasteiger partial charge in [-0.25, -0.2) is 0 Å². The highest BCUT2D eigenvalue weighted by molar-refractivity contribution is 6.68. The number of benzene rings is 1. The predicted molar refractivity (Wildman–Crippen MR) is 114 cm³/mol. The van der Waals surface area contributed by atoms with Crippen molar-refractivity contribution in [2.75, 3.05) is 18.9 Å². The fourth-order valence-corrected chi connectivity index (χ4v) is 2.69. The molecule has 0 fully saturated rings. The van der Waals surface area contributed by atoms with Crippen molar-refractivity contribution in [2.45, 2.75) is 39.0 Å². The number of aliphatic imine (C=N–C) groups is 2. The fourth-order valence-electron chi connectivity index (χ4n) is 2.69. The molecule has 0 radical (unpaired) electrons. The maximum atomic E-state index is 12.9. The molecule has 7 nitrogen and oxygen atoms in total. The minimum atomic E-state index is -4.68. The monoisotopic (exact) mass is 437 g/mol. The predicted octanol–water partition coefficient (Wildman–Crippen LogP) is 3.52. The number of hydrogen-bond acceptors (Lipinski definition) is 5. The van der Waals surface area contributed by atoms with Crippen LogP contribution in [0.5, 0.6) is 0 Å². The van der Waals surface area contributed by atoms with Crippen LogP contribution in [0.4, 0.5) is 18.9 Å². The summed E-state index contributed by atoms with van der Waals surface area (Å²) in [6, 6.07) is 4.20. The standard InChI is InChI=1S/C21H26F3N5O2/c1-5-7-17(30)13(3)12-28-19(27-6-2)18(26-4)20(31)29-15-8-9-16(21(22,23)24)14(10-15)11-25/h6,8-10,13,17,30H,2,5,7,12H2,1,3-4H3,(H,27,28)(H,29,31). The number of aliphatic hydroxyl groups is 1. The van der Waals surface area contributed by atoms with Crippen LogP contribution in [-0.2, 0) is 11.0 Å². The minimum absolute atomic E-state index is 0.000360. The number of nitrogens with zero attached hydrogens (tertiary/aromatic N) is 3. The van der Waals surface area contributed by atoms with Gasteiger partial charge in [0.1, 0.15) is 0 Å². The van der Waals surface area contributed by atoms with Crippen LogP contribution in [0.15, 0.2) is 41.0 Å². The van der Waals surface area contributed by atoms with E-state index >= 15 is 0 Å². The SMILES string of the molecule is C=CNC(=NCC(C)C(O)CCC)C(=NC)C(=O)Nc1ccc(C(F)(F)F)c(C#N)c1. The van der Waals surface area contributed by atoms with E-state index in [1.165, 1.54) is 19.3 Å². The number of hydrogen-bond donors (Lipinski definition) is 3. The summed E-state index contributed by atoms with van der Waals surface area (Å²) in [6.45, 7) is 7.52. The number of alkyl halides is 3. The van der Waals surface area contributed by atoms with E-state index in [4.69, 9.17) is 5.26 Å². The molecule has 1 aromatic carbocycles. The smallest absolute Gasteiger partial charge is 0.393 e. The van der Waals surface area contributed by atoms with E-state index in [1.54, 1.807) is 0 Å². The Bertz CT molecular complexity index is 888. The molecule has 2 unspecified atom stereocenters. The number of nitrogens with one attached hydrogen (secondary N) is 2. The van der Waals surface area contributed by atoms with Crippen LogP contribution in [0, 0.1) is 17.2 Å². The summed E-state index contributed by atoms with van der Waals surface area (Å²) in [6.07, 6.45) is -2.50. The second kappa shape index (κ2) is 11.9. The van der Waals surface area contributed by atoms with Gasteiger partial charge in [-0.15, -0.1) is 0 Å². The van der Waals surface area contributed by atoms with Gasteiger partial charge in [0.15, 0.2) is 11.5 Å². The molecular formula is C21H26F3N5O2. The largest absolute Gasteiger partial charge is 0.417 e. The number of amides is 1. The normalized spacial score (nSPS) is 14.4. The van der Waals surface area contributed by atoms with Crippen LogP contribution >= 0.6 is 0 Å². The van der Waals surface area contributed by atoms with E-state index in [1.807, 2.05) is 13.8 Å². The van der Waals surface area contributed by atoms with Crippen molar-refractivity contribution in [1.29, 1.82) is 5.26 Å². The summed E-state index contributed by atoms with van der Waals surface area (Å²) in [7, 11) is 1.36. The molecule has 1 aromatic rings. The molecule has 0 aromatic heterocycles. The van der Waals surface area contributed by atoms with Crippen LogP contribution in [0.2, 0.25) is 0 Å². The number of carbonyl (C=O) groups is 1. The van der Waals surface area contributed by atoms with Gasteiger partial charge in [-0.1, -0.05) is 26.8 Å². The van der Waals surface area contributed by atoms with Crippen LogP contribution in [0.25, 0.3) is 0 Å². The van der Waals surface area contributed by atoms with Crippen molar-refractivity contribution < 1.29 is 23.1 Å². The van der Waals surface area contributed by atoms with Crippen molar-refractivity contribution >= 4 is 23.1 Å². The zero-order chi connectivity index (χ0) is 23.6. The average Bonchev–Trinajstić information content (AvgIpc) is 2.71. The quantitative estimate of drug-likeness (QED) is 0.406. The highest BCUT2D eigenvalue weighted by atomic mass is 19.4. The molecule has 0 heterocycles. The topological polar surface area (TPSA) is 110 Å². The number of rotatable bonds is 9. The van der Waals surface area contributed by atoms with Gasteiger partial charge in [-0.05, 0) is 30.8 Å². The maximum Gasteiger partial charge on any atom is 0.417 e. The highest BCUT2D eigenvalue weighted by Crippen LogP contribution is 2.33. The van der Waals surface area contributed by atoms with Crippen molar-refractivity contribution in [3.63, 3.8) is 0 Å². The summed E-state index contributed by atoms with van der Waals surface area (Å²) >= 11 is 0. The molecule has 0 saturated heterocycles. The van der Waals surface area contributed by atoms with Gasteiger partial charge in [0.2, 0.25) is 0 Å². The zero-order valence-electron chi connectivity index (χ0n) is 17.6. The van der Waals surface area contributed by atoms with Gasteiger partial charge >= 0.3 is 6.18 Å². The van der Waals surface area contributed by atoms with E-state index in [2.05, 4.69) is 27.2 Å². The molecule has 0 aliphatic rings. The molecule has 1 amide bonds. The van der Waals surface area contributed by atoms with Crippen LogP contribution in [0.3, 0.4) is 0 Å². The average molecular weight is 437 g/mol. The Morgan fingerprint density at radius 1 is 1.42 bits per heavy atom. The lowest BCUT2D eigenvalue weighted by molar-refractivity contribution is -0.137. The summed E-state index contributed by atoms with van der Waals surface area (Å²) in [5.41, 5.74) is -1.82. The van der Waals surface area contributed by atoms with E-state index < -0.39 is 29.3 Å². The number of carbonyl (C=O) groups excluding carboxylic acids is 1. The Kier molecular flexibility index (Phi) is 9.89. The van der Waals surface area contributed by atoms with Gasteiger partial charge in [0.25, 0.3) is 5.91 Å². The lowest BCUT2D eigenvalue weighted by atomic mass is 10.0. The summed E-state index contributed by atoms with van der Waals surface area (Å²) < 4.78 is 38.8. The molecule has 31 heavy (non-hydrogen) atoms. The van der Waals surface area contributed by atoms with Crippen molar-refractivity contribution in [3.05, 3.63) is 42.1 Å². The molecule has 10 heteroatoms. The van der Waals surface area contributed by atoms with Gasteiger partial charge < -0.3 is 15.7 Å². The zero-order valence-corrected chi connectivity index (χ0v) is 17.6. The molecule has 2 atom stereocenters. The Hall–Kier alpha value is -3.19. The molecule has 1 rings (SSSR count). The van der Waals surface area contributed by atoms with Crippen molar-refractivity contribution in [1.82, 2.24) is 5.32 Å². The summed E-state index contributed by atoms with van der Waals surface area (Å²) in [5.74, 6) is -0.810. The first-order valence-electron chi connectivity index (χ1n) is 9.58. The number of halogens is 3. The van der Waals surface area contributed by atoms with Crippen LogP contribution in [-0.4, -0.2) is 42.3 Å². The molecule has 0 saturated carbocycles. The lowest BCUT2D eigenvalue weighted by Crippen LogP contribution is -2.37. The third kappa shape index (κ3) is 7.53. The van der Waals surface area contributed by atoms with E-state index in [-0.39, 0.29) is 29.7 Å². The van der Waals surface area contributed by atoms with Gasteiger partial charge in [0.05, 0.1) is 23.3 Å². The van der Waals surface area contributed by atoms with Crippen LogP contribution < -0.4 is 10.6 Å². The summed E-state index contributed by atoms with van der Waals surface area (Å²) in [5, 5.41) is 24.2. The van der Waals surface area contributed by atoms with E-state index in [0.717, 1.165) is 24.6 Å².